The zero-order chi connectivity index (χ0) is 12.8. The number of primary amides is 1. The molecule has 1 rings (SSSR count). The highest BCUT2D eigenvalue weighted by molar-refractivity contribution is 5.97. The van der Waals surface area contributed by atoms with Crippen molar-refractivity contribution in [2.24, 2.45) is 5.73 Å². The molecule has 5 heteroatoms. The van der Waals surface area contributed by atoms with Gasteiger partial charge in [0.05, 0.1) is 0 Å². The molecule has 92 valence electrons. The molecular formula is C12H17N3O2. The van der Waals surface area contributed by atoms with Gasteiger partial charge < -0.3 is 16.0 Å². The molecule has 3 N–H and O–H groups in total. The number of nitrogens with one attached hydrogen (secondary N) is 1. The highest BCUT2D eigenvalue weighted by Gasteiger charge is 2.06. The van der Waals surface area contributed by atoms with Crippen molar-refractivity contribution in [1.29, 1.82) is 0 Å². The standard InChI is InChI=1S/C12H17N3O2/c1-15(2)8-7-14-12(17)10-5-3-9(4-6-10)11(13)16/h3-6H,7-8H2,1-2H3,(H2,13,16)(H,14,17). The first-order chi connectivity index (χ1) is 8.00. The van der Waals surface area contributed by atoms with Crippen molar-refractivity contribution in [1.82, 2.24) is 10.2 Å². The molecule has 0 radical (unpaired) electrons. The number of rotatable bonds is 5. The molecule has 0 atom stereocenters. The van der Waals surface area contributed by atoms with Gasteiger partial charge in [0.15, 0.2) is 0 Å². The summed E-state index contributed by atoms with van der Waals surface area (Å²) in [6, 6.07) is 6.27. The number of hydrogen-bond donors (Lipinski definition) is 2. The summed E-state index contributed by atoms with van der Waals surface area (Å²) in [6.07, 6.45) is 0. The molecule has 0 aromatic heterocycles. The molecule has 0 unspecified atom stereocenters. The molecule has 1 aromatic carbocycles. The Labute approximate surface area is 101 Å². The SMILES string of the molecule is CN(C)CCNC(=O)c1ccc(C(N)=O)cc1. The Balaban J connectivity index is 2.55. The summed E-state index contributed by atoms with van der Waals surface area (Å²) in [6.45, 7) is 1.37. The lowest BCUT2D eigenvalue weighted by Gasteiger charge is -2.10. The quantitative estimate of drug-likeness (QED) is 0.758. The van der Waals surface area contributed by atoms with E-state index in [4.69, 9.17) is 5.73 Å². The van der Waals surface area contributed by atoms with E-state index >= 15 is 0 Å². The van der Waals surface area contributed by atoms with Crippen molar-refractivity contribution >= 4 is 11.8 Å². The largest absolute Gasteiger partial charge is 0.366 e. The lowest BCUT2D eigenvalue weighted by Crippen LogP contribution is -2.31. The molecule has 0 aliphatic rings. The van der Waals surface area contributed by atoms with Gasteiger partial charge in [-0.2, -0.15) is 0 Å². The van der Waals surface area contributed by atoms with E-state index < -0.39 is 5.91 Å². The third-order valence-corrected chi connectivity index (χ3v) is 2.28. The van der Waals surface area contributed by atoms with Crippen LogP contribution < -0.4 is 11.1 Å². The number of nitrogens with two attached hydrogens (primary N) is 1. The Morgan fingerprint density at radius 2 is 1.71 bits per heavy atom. The molecule has 2 amide bonds. The lowest BCUT2D eigenvalue weighted by molar-refractivity contribution is 0.0948. The van der Waals surface area contributed by atoms with E-state index in [1.807, 2.05) is 19.0 Å². The highest BCUT2D eigenvalue weighted by Crippen LogP contribution is 2.03. The Hall–Kier alpha value is -1.88. The Bertz CT molecular complexity index is 399. The molecule has 17 heavy (non-hydrogen) atoms. The fourth-order valence-electron chi connectivity index (χ4n) is 1.28. The maximum Gasteiger partial charge on any atom is 0.251 e. The highest BCUT2D eigenvalue weighted by atomic mass is 16.2. The van der Waals surface area contributed by atoms with Crippen molar-refractivity contribution in [2.75, 3.05) is 27.2 Å². The van der Waals surface area contributed by atoms with Gasteiger partial charge in [0.1, 0.15) is 0 Å². The zero-order valence-electron chi connectivity index (χ0n) is 10.1. The van der Waals surface area contributed by atoms with Crippen molar-refractivity contribution in [3.63, 3.8) is 0 Å². The Kier molecular flexibility index (Phi) is 4.66. The summed E-state index contributed by atoms with van der Waals surface area (Å²) in [4.78, 5) is 24.5. The second kappa shape index (κ2) is 6.00. The second-order valence-electron chi connectivity index (χ2n) is 4.00. The van der Waals surface area contributed by atoms with Crippen LogP contribution >= 0.6 is 0 Å². The van der Waals surface area contributed by atoms with Gasteiger partial charge >= 0.3 is 0 Å². The van der Waals surface area contributed by atoms with Crippen LogP contribution in [0, 0.1) is 0 Å². The van der Waals surface area contributed by atoms with Crippen LogP contribution in [0.3, 0.4) is 0 Å². The van der Waals surface area contributed by atoms with E-state index in [0.29, 0.717) is 17.7 Å². The van der Waals surface area contributed by atoms with Gasteiger partial charge in [0.25, 0.3) is 5.91 Å². The summed E-state index contributed by atoms with van der Waals surface area (Å²) < 4.78 is 0. The fourth-order valence-corrected chi connectivity index (χ4v) is 1.28. The first-order valence-corrected chi connectivity index (χ1v) is 5.33. The maximum absolute atomic E-state index is 11.7. The first kappa shape index (κ1) is 13.2. The van der Waals surface area contributed by atoms with Crippen molar-refractivity contribution < 1.29 is 9.59 Å². The van der Waals surface area contributed by atoms with E-state index in [0.717, 1.165) is 6.54 Å². The normalized spacial score (nSPS) is 10.3. The first-order valence-electron chi connectivity index (χ1n) is 5.33. The molecule has 0 saturated heterocycles. The van der Waals surface area contributed by atoms with Crippen molar-refractivity contribution in [3.8, 4) is 0 Å². The van der Waals surface area contributed by atoms with Crippen molar-refractivity contribution in [3.05, 3.63) is 35.4 Å². The minimum atomic E-state index is -0.496. The van der Waals surface area contributed by atoms with E-state index in [-0.39, 0.29) is 5.91 Å². The number of carbonyl (C=O) groups excluding carboxylic acids is 2. The zero-order valence-corrected chi connectivity index (χ0v) is 10.1. The van der Waals surface area contributed by atoms with Crippen LogP contribution in [0.15, 0.2) is 24.3 Å². The summed E-state index contributed by atoms with van der Waals surface area (Å²) in [7, 11) is 3.88. The average molecular weight is 235 g/mol. The fraction of sp³-hybridized carbons (Fsp3) is 0.333. The van der Waals surface area contributed by atoms with E-state index in [1.54, 1.807) is 24.3 Å². The van der Waals surface area contributed by atoms with E-state index in [1.165, 1.54) is 0 Å². The number of nitrogens with zero attached hydrogens (tertiary/aromatic N) is 1. The van der Waals surface area contributed by atoms with Crippen LogP contribution in [-0.2, 0) is 0 Å². The van der Waals surface area contributed by atoms with Gasteiger partial charge in [-0.25, -0.2) is 0 Å². The van der Waals surface area contributed by atoms with Gasteiger partial charge in [0, 0.05) is 24.2 Å². The van der Waals surface area contributed by atoms with Crippen LogP contribution in [-0.4, -0.2) is 43.9 Å². The smallest absolute Gasteiger partial charge is 0.251 e. The molecular weight excluding hydrogens is 218 g/mol. The topological polar surface area (TPSA) is 75.4 Å². The van der Waals surface area contributed by atoms with Crippen LogP contribution in [0.1, 0.15) is 20.7 Å². The van der Waals surface area contributed by atoms with Gasteiger partial charge in [-0.1, -0.05) is 0 Å². The lowest BCUT2D eigenvalue weighted by atomic mass is 10.1. The maximum atomic E-state index is 11.7. The summed E-state index contributed by atoms with van der Waals surface area (Å²) in [5.41, 5.74) is 6.03. The molecule has 0 aliphatic heterocycles. The van der Waals surface area contributed by atoms with Crippen molar-refractivity contribution in [2.45, 2.75) is 0 Å². The van der Waals surface area contributed by atoms with E-state index in [9.17, 15) is 9.59 Å². The summed E-state index contributed by atoms with van der Waals surface area (Å²) in [5.74, 6) is -0.646. The molecule has 0 aliphatic carbocycles. The Morgan fingerprint density at radius 3 is 2.18 bits per heavy atom. The molecule has 0 saturated carbocycles. The molecule has 0 heterocycles. The minimum absolute atomic E-state index is 0.150. The number of benzene rings is 1. The summed E-state index contributed by atoms with van der Waals surface area (Å²) >= 11 is 0. The van der Waals surface area contributed by atoms with Crippen LogP contribution in [0.4, 0.5) is 0 Å². The molecule has 1 aromatic rings. The molecule has 0 spiro atoms. The molecule has 0 bridgehead atoms. The number of carbonyl (C=O) groups is 2. The van der Waals surface area contributed by atoms with E-state index in [2.05, 4.69) is 5.32 Å². The minimum Gasteiger partial charge on any atom is -0.366 e. The van der Waals surface area contributed by atoms with Gasteiger partial charge in [-0.3, -0.25) is 9.59 Å². The number of hydrogen-bond acceptors (Lipinski definition) is 3. The number of amides is 2. The van der Waals surface area contributed by atoms with Gasteiger partial charge in [-0.15, -0.1) is 0 Å². The molecule has 5 nitrogen and oxygen atoms in total. The number of likely N-dealkylation sites (N-methyl/N-ethyl adjacent to an activating group) is 1. The van der Waals surface area contributed by atoms with Crippen LogP contribution in [0.25, 0.3) is 0 Å². The molecule has 0 fully saturated rings. The summed E-state index contributed by atoms with van der Waals surface area (Å²) in [5, 5.41) is 2.78. The van der Waals surface area contributed by atoms with Gasteiger partial charge in [-0.05, 0) is 38.4 Å². The predicted octanol–water partition coefficient (Wildman–Crippen LogP) is 0.0769. The van der Waals surface area contributed by atoms with Crippen LogP contribution in [0.5, 0.6) is 0 Å². The second-order valence-corrected chi connectivity index (χ2v) is 4.00. The van der Waals surface area contributed by atoms with Gasteiger partial charge in [0.2, 0.25) is 5.91 Å². The third kappa shape index (κ3) is 4.24. The third-order valence-electron chi connectivity index (χ3n) is 2.28. The van der Waals surface area contributed by atoms with Crippen LogP contribution in [0.2, 0.25) is 0 Å². The predicted molar refractivity (Wildman–Crippen MR) is 65.8 cm³/mol. The Morgan fingerprint density at radius 1 is 1.18 bits per heavy atom. The monoisotopic (exact) mass is 235 g/mol. The average Bonchev–Trinajstić information content (AvgIpc) is 2.28.